The van der Waals surface area contributed by atoms with Gasteiger partial charge in [-0.25, -0.2) is 4.39 Å². The standard InChI is InChI=1S/C15H15FO2/c1-11(17)13-3-2-4-15(9-13)18-10-12-5-7-14(16)8-6-12/h2-9,11,17H,10H2,1H3. The molecule has 0 spiro atoms. The zero-order valence-corrected chi connectivity index (χ0v) is 10.1. The van der Waals surface area contributed by atoms with Gasteiger partial charge >= 0.3 is 0 Å². The van der Waals surface area contributed by atoms with E-state index in [2.05, 4.69) is 0 Å². The zero-order valence-electron chi connectivity index (χ0n) is 10.1. The summed E-state index contributed by atoms with van der Waals surface area (Å²) in [5, 5.41) is 9.47. The van der Waals surface area contributed by atoms with E-state index in [4.69, 9.17) is 4.74 Å². The summed E-state index contributed by atoms with van der Waals surface area (Å²) in [5.74, 6) is 0.438. The highest BCUT2D eigenvalue weighted by atomic mass is 19.1. The van der Waals surface area contributed by atoms with Gasteiger partial charge < -0.3 is 9.84 Å². The first-order chi connectivity index (χ1) is 8.65. The van der Waals surface area contributed by atoms with Crippen LogP contribution in [0.4, 0.5) is 4.39 Å². The molecule has 2 aromatic carbocycles. The molecule has 0 heterocycles. The highest BCUT2D eigenvalue weighted by Gasteiger charge is 2.02. The second kappa shape index (κ2) is 5.65. The van der Waals surface area contributed by atoms with Crippen LogP contribution in [0.2, 0.25) is 0 Å². The Kier molecular flexibility index (Phi) is 3.95. The Morgan fingerprint density at radius 3 is 2.56 bits per heavy atom. The highest BCUT2D eigenvalue weighted by Crippen LogP contribution is 2.19. The lowest BCUT2D eigenvalue weighted by atomic mass is 10.1. The maximum atomic E-state index is 12.7. The topological polar surface area (TPSA) is 29.5 Å². The molecule has 0 amide bonds. The van der Waals surface area contributed by atoms with Crippen molar-refractivity contribution in [2.24, 2.45) is 0 Å². The van der Waals surface area contributed by atoms with E-state index >= 15 is 0 Å². The summed E-state index contributed by atoms with van der Waals surface area (Å²) in [6.45, 7) is 2.09. The number of aliphatic hydroxyl groups excluding tert-OH is 1. The summed E-state index contributed by atoms with van der Waals surface area (Å²) < 4.78 is 18.3. The van der Waals surface area contributed by atoms with Crippen LogP contribution in [0.5, 0.6) is 5.75 Å². The van der Waals surface area contributed by atoms with Crippen LogP contribution in [0.1, 0.15) is 24.2 Å². The molecule has 2 aromatic rings. The van der Waals surface area contributed by atoms with Gasteiger partial charge in [-0.1, -0.05) is 24.3 Å². The number of halogens is 1. The Bertz CT molecular complexity index is 506. The van der Waals surface area contributed by atoms with Crippen molar-refractivity contribution in [3.63, 3.8) is 0 Å². The molecular formula is C15H15FO2. The molecule has 1 unspecified atom stereocenters. The van der Waals surface area contributed by atoms with Crippen LogP contribution in [0, 0.1) is 5.82 Å². The summed E-state index contributed by atoms with van der Waals surface area (Å²) in [6, 6.07) is 13.5. The summed E-state index contributed by atoms with van der Waals surface area (Å²) in [6.07, 6.45) is -0.514. The second-order valence-electron chi connectivity index (χ2n) is 4.16. The van der Waals surface area contributed by atoms with E-state index in [1.54, 1.807) is 25.1 Å². The fraction of sp³-hybridized carbons (Fsp3) is 0.200. The first kappa shape index (κ1) is 12.6. The van der Waals surface area contributed by atoms with Gasteiger partial charge in [0.25, 0.3) is 0 Å². The SMILES string of the molecule is CC(O)c1cccc(OCc2ccc(F)cc2)c1. The van der Waals surface area contributed by atoms with Crippen molar-refractivity contribution in [3.8, 4) is 5.75 Å². The molecule has 2 rings (SSSR count). The van der Waals surface area contributed by atoms with Crippen molar-refractivity contribution in [1.82, 2.24) is 0 Å². The van der Waals surface area contributed by atoms with Gasteiger partial charge in [0, 0.05) is 0 Å². The van der Waals surface area contributed by atoms with Crippen molar-refractivity contribution in [1.29, 1.82) is 0 Å². The number of hydrogen-bond donors (Lipinski definition) is 1. The average molecular weight is 246 g/mol. The Morgan fingerprint density at radius 1 is 1.17 bits per heavy atom. The minimum absolute atomic E-state index is 0.255. The van der Waals surface area contributed by atoms with Gasteiger partial charge in [-0.2, -0.15) is 0 Å². The minimum Gasteiger partial charge on any atom is -0.489 e. The maximum Gasteiger partial charge on any atom is 0.123 e. The number of aliphatic hydroxyl groups is 1. The number of ether oxygens (including phenoxy) is 1. The van der Waals surface area contributed by atoms with Crippen molar-refractivity contribution in [2.75, 3.05) is 0 Å². The van der Waals surface area contributed by atoms with Gasteiger partial charge in [-0.15, -0.1) is 0 Å². The van der Waals surface area contributed by atoms with Crippen LogP contribution in [0.25, 0.3) is 0 Å². The van der Waals surface area contributed by atoms with E-state index in [0.717, 1.165) is 11.1 Å². The van der Waals surface area contributed by atoms with Crippen LogP contribution in [-0.4, -0.2) is 5.11 Å². The molecule has 0 aliphatic heterocycles. The predicted octanol–water partition coefficient (Wildman–Crippen LogP) is 3.46. The summed E-state index contributed by atoms with van der Waals surface area (Å²) >= 11 is 0. The molecule has 0 saturated heterocycles. The van der Waals surface area contributed by atoms with Gasteiger partial charge in [-0.05, 0) is 42.3 Å². The first-order valence-electron chi connectivity index (χ1n) is 5.80. The molecule has 0 bridgehead atoms. The Balaban J connectivity index is 2.01. The molecular weight excluding hydrogens is 231 g/mol. The Labute approximate surface area is 106 Å². The van der Waals surface area contributed by atoms with E-state index in [1.807, 2.05) is 18.2 Å². The lowest BCUT2D eigenvalue weighted by Crippen LogP contribution is -1.97. The summed E-state index contributed by atoms with van der Waals surface area (Å²) in [7, 11) is 0. The normalized spacial score (nSPS) is 12.2. The molecule has 1 atom stereocenters. The van der Waals surface area contributed by atoms with Crippen molar-refractivity contribution < 1.29 is 14.2 Å². The minimum atomic E-state index is -0.514. The molecule has 0 aliphatic rings. The van der Waals surface area contributed by atoms with E-state index in [0.29, 0.717) is 12.4 Å². The van der Waals surface area contributed by atoms with Crippen LogP contribution in [0.3, 0.4) is 0 Å². The molecule has 0 fully saturated rings. The summed E-state index contributed by atoms with van der Waals surface area (Å²) in [4.78, 5) is 0. The molecule has 2 nitrogen and oxygen atoms in total. The largest absolute Gasteiger partial charge is 0.489 e. The molecule has 0 aliphatic carbocycles. The molecule has 18 heavy (non-hydrogen) atoms. The van der Waals surface area contributed by atoms with Crippen LogP contribution >= 0.6 is 0 Å². The Hall–Kier alpha value is -1.87. The van der Waals surface area contributed by atoms with Gasteiger partial charge in [0.15, 0.2) is 0 Å². The zero-order chi connectivity index (χ0) is 13.0. The van der Waals surface area contributed by atoms with Crippen molar-refractivity contribution in [2.45, 2.75) is 19.6 Å². The Morgan fingerprint density at radius 2 is 1.89 bits per heavy atom. The van der Waals surface area contributed by atoms with Gasteiger partial charge in [0.2, 0.25) is 0 Å². The smallest absolute Gasteiger partial charge is 0.123 e. The third kappa shape index (κ3) is 3.31. The van der Waals surface area contributed by atoms with Crippen LogP contribution in [0.15, 0.2) is 48.5 Å². The van der Waals surface area contributed by atoms with Crippen molar-refractivity contribution in [3.05, 3.63) is 65.5 Å². The molecule has 3 heteroatoms. The van der Waals surface area contributed by atoms with E-state index in [9.17, 15) is 9.50 Å². The molecule has 0 saturated carbocycles. The fourth-order valence-corrected chi connectivity index (χ4v) is 1.61. The number of hydrogen-bond acceptors (Lipinski definition) is 2. The highest BCUT2D eigenvalue weighted by molar-refractivity contribution is 5.30. The van der Waals surface area contributed by atoms with E-state index in [1.165, 1.54) is 12.1 Å². The second-order valence-corrected chi connectivity index (χ2v) is 4.16. The van der Waals surface area contributed by atoms with Crippen molar-refractivity contribution >= 4 is 0 Å². The van der Waals surface area contributed by atoms with E-state index in [-0.39, 0.29) is 5.82 Å². The number of rotatable bonds is 4. The third-order valence-corrected chi connectivity index (χ3v) is 2.66. The monoisotopic (exact) mass is 246 g/mol. The first-order valence-corrected chi connectivity index (χ1v) is 5.80. The number of benzene rings is 2. The lowest BCUT2D eigenvalue weighted by molar-refractivity contribution is 0.198. The van der Waals surface area contributed by atoms with Crippen LogP contribution < -0.4 is 4.74 Å². The molecule has 94 valence electrons. The van der Waals surface area contributed by atoms with E-state index < -0.39 is 6.10 Å². The molecule has 0 aromatic heterocycles. The molecule has 1 N–H and O–H groups in total. The lowest BCUT2D eigenvalue weighted by Gasteiger charge is -2.09. The van der Waals surface area contributed by atoms with Gasteiger partial charge in [-0.3, -0.25) is 0 Å². The predicted molar refractivity (Wildman–Crippen MR) is 67.8 cm³/mol. The summed E-state index contributed by atoms with van der Waals surface area (Å²) in [5.41, 5.74) is 1.71. The van der Waals surface area contributed by atoms with Gasteiger partial charge in [0.1, 0.15) is 18.2 Å². The fourth-order valence-electron chi connectivity index (χ4n) is 1.61. The quantitative estimate of drug-likeness (QED) is 0.895. The maximum absolute atomic E-state index is 12.7. The third-order valence-electron chi connectivity index (χ3n) is 2.66. The van der Waals surface area contributed by atoms with Crippen LogP contribution in [-0.2, 0) is 6.61 Å². The average Bonchev–Trinajstić information content (AvgIpc) is 2.38. The molecule has 0 radical (unpaired) electrons. The van der Waals surface area contributed by atoms with Gasteiger partial charge in [0.05, 0.1) is 6.10 Å².